The summed E-state index contributed by atoms with van der Waals surface area (Å²) in [6.07, 6.45) is -8.86. The van der Waals surface area contributed by atoms with Gasteiger partial charge in [0.25, 0.3) is 5.91 Å². The first-order chi connectivity index (χ1) is 19.7. The second kappa shape index (κ2) is 13.1. The van der Waals surface area contributed by atoms with Crippen molar-refractivity contribution in [3.8, 4) is 0 Å². The lowest BCUT2D eigenvalue weighted by Crippen LogP contribution is -2.34. The van der Waals surface area contributed by atoms with Crippen LogP contribution in [0.5, 0.6) is 0 Å². The predicted molar refractivity (Wildman–Crippen MR) is 153 cm³/mol. The van der Waals surface area contributed by atoms with Gasteiger partial charge in [-0.2, -0.15) is 26.3 Å². The van der Waals surface area contributed by atoms with Crippen LogP contribution < -0.4 is 10.6 Å². The first-order valence-electron chi connectivity index (χ1n) is 13.3. The number of halogens is 8. The molecule has 2 unspecified atom stereocenters. The first kappa shape index (κ1) is 32.0. The average molecular weight is 632 g/mol. The molecule has 4 nitrogen and oxygen atoms in total. The third-order valence-electron chi connectivity index (χ3n) is 7.37. The number of aromatic nitrogens is 1. The number of benzene rings is 2. The number of para-hydroxylation sites is 1. The third-order valence-corrected chi connectivity index (χ3v) is 8.11. The van der Waals surface area contributed by atoms with Crippen LogP contribution in [0.25, 0.3) is 10.9 Å². The van der Waals surface area contributed by atoms with Crippen LogP contribution in [0.3, 0.4) is 0 Å². The van der Waals surface area contributed by atoms with E-state index in [-0.39, 0.29) is 17.5 Å². The number of fused-ring (bicyclic) bond motifs is 1. The van der Waals surface area contributed by atoms with Crippen molar-refractivity contribution in [2.45, 2.75) is 44.5 Å². The maximum absolute atomic E-state index is 13.3. The molecular formula is C30H29Cl2F6N3O. The van der Waals surface area contributed by atoms with Crippen molar-refractivity contribution in [1.29, 1.82) is 0 Å². The van der Waals surface area contributed by atoms with E-state index >= 15 is 0 Å². The molecule has 0 radical (unpaired) electrons. The van der Waals surface area contributed by atoms with Crippen LogP contribution in [0.1, 0.15) is 35.6 Å². The lowest BCUT2D eigenvalue weighted by atomic mass is 9.89. The van der Waals surface area contributed by atoms with Gasteiger partial charge in [0.05, 0.1) is 16.0 Å². The summed E-state index contributed by atoms with van der Waals surface area (Å²) in [4.78, 5) is 16.2. The number of aromatic amines is 1. The van der Waals surface area contributed by atoms with Gasteiger partial charge in [-0.15, -0.1) is 0 Å². The van der Waals surface area contributed by atoms with Crippen molar-refractivity contribution < 1.29 is 31.1 Å². The third kappa shape index (κ3) is 7.90. The molecule has 4 rings (SSSR count). The van der Waals surface area contributed by atoms with Crippen molar-refractivity contribution >= 4 is 40.0 Å². The lowest BCUT2D eigenvalue weighted by molar-refractivity contribution is -0.166. The van der Waals surface area contributed by atoms with E-state index in [4.69, 9.17) is 23.2 Å². The zero-order valence-corrected chi connectivity index (χ0v) is 24.0. The van der Waals surface area contributed by atoms with E-state index in [0.717, 1.165) is 28.6 Å². The molecule has 0 saturated heterocycles. The van der Waals surface area contributed by atoms with E-state index < -0.39 is 41.7 Å². The Kier molecular flexibility index (Phi) is 10.0. The summed E-state index contributed by atoms with van der Waals surface area (Å²) in [6, 6.07) is 13.0. The molecule has 2 aromatic carbocycles. The number of carbonyl (C=O) groups is 1. The van der Waals surface area contributed by atoms with Crippen molar-refractivity contribution in [3.05, 3.63) is 92.6 Å². The quantitative estimate of drug-likeness (QED) is 0.156. The molecule has 1 heterocycles. The zero-order valence-electron chi connectivity index (χ0n) is 22.5. The lowest BCUT2D eigenvalue weighted by Gasteiger charge is -2.25. The van der Waals surface area contributed by atoms with Crippen LogP contribution in [-0.4, -0.2) is 42.9 Å². The molecule has 0 bridgehead atoms. The second-order valence-corrected chi connectivity index (χ2v) is 11.1. The standard InChI is InChI=1S/C30H29Cl2F6N3O/c1-17-23(24-4-2-3-5-27(24)41-17)9-11-39-10-8-19(18-6-7-25(31)26(32)14-18)16-40-28(42)20-12-21(29(33,34)35)15-22(13-20)30(36,37)38/h2-7,12-14,19,21,39,41H,8-11,15-16H2,1H3,(H,40,42). The molecule has 0 saturated carbocycles. The molecule has 2 atom stereocenters. The zero-order chi connectivity index (χ0) is 30.7. The highest BCUT2D eigenvalue weighted by molar-refractivity contribution is 6.42. The largest absolute Gasteiger partial charge is 0.412 e. The number of alkyl halides is 6. The molecule has 42 heavy (non-hydrogen) atoms. The van der Waals surface area contributed by atoms with Gasteiger partial charge in [0.2, 0.25) is 0 Å². The molecule has 3 aromatic rings. The number of allylic oxidation sites excluding steroid dienone is 2. The van der Waals surface area contributed by atoms with Gasteiger partial charge in [-0.25, -0.2) is 0 Å². The number of rotatable bonds is 10. The summed E-state index contributed by atoms with van der Waals surface area (Å²) in [5.74, 6) is -3.77. The molecule has 226 valence electrons. The van der Waals surface area contributed by atoms with E-state index in [0.29, 0.717) is 36.7 Å². The highest BCUT2D eigenvalue weighted by Gasteiger charge is 2.46. The molecule has 1 aliphatic rings. The van der Waals surface area contributed by atoms with Gasteiger partial charge in [0, 0.05) is 40.2 Å². The van der Waals surface area contributed by atoms with E-state index in [1.165, 1.54) is 5.56 Å². The van der Waals surface area contributed by atoms with Gasteiger partial charge in [0.1, 0.15) is 0 Å². The smallest absolute Gasteiger partial charge is 0.358 e. The van der Waals surface area contributed by atoms with Gasteiger partial charge >= 0.3 is 12.4 Å². The molecule has 1 aliphatic carbocycles. The van der Waals surface area contributed by atoms with Gasteiger partial charge in [-0.05, 0) is 74.7 Å². The first-order valence-corrected chi connectivity index (χ1v) is 14.1. The fourth-order valence-corrected chi connectivity index (χ4v) is 5.41. The number of nitrogens with one attached hydrogen (secondary N) is 3. The number of aryl methyl sites for hydroxylation is 1. The molecule has 1 amide bonds. The maximum atomic E-state index is 13.3. The molecule has 0 spiro atoms. The highest BCUT2D eigenvalue weighted by atomic mass is 35.5. The average Bonchev–Trinajstić information content (AvgIpc) is 3.25. The maximum Gasteiger partial charge on any atom is 0.412 e. The van der Waals surface area contributed by atoms with Crippen LogP contribution >= 0.6 is 23.2 Å². The van der Waals surface area contributed by atoms with Crippen LogP contribution in [0.4, 0.5) is 26.3 Å². The second-order valence-electron chi connectivity index (χ2n) is 10.3. The Morgan fingerprint density at radius 2 is 1.79 bits per heavy atom. The van der Waals surface area contributed by atoms with E-state index in [1.807, 2.05) is 25.1 Å². The van der Waals surface area contributed by atoms with Gasteiger partial charge in [0.15, 0.2) is 0 Å². The van der Waals surface area contributed by atoms with Crippen molar-refractivity contribution in [2.24, 2.45) is 5.92 Å². The Morgan fingerprint density at radius 1 is 1.05 bits per heavy atom. The Hall–Kier alpha value is -2.95. The Labute approximate surface area is 249 Å². The number of amides is 1. The molecule has 12 heteroatoms. The molecule has 3 N–H and O–H groups in total. The fourth-order valence-electron chi connectivity index (χ4n) is 5.10. The van der Waals surface area contributed by atoms with Gasteiger partial charge in [-0.1, -0.05) is 53.5 Å². The summed E-state index contributed by atoms with van der Waals surface area (Å²) in [7, 11) is 0. The molecular weight excluding hydrogens is 603 g/mol. The minimum Gasteiger partial charge on any atom is -0.358 e. The topological polar surface area (TPSA) is 56.9 Å². The molecule has 0 fully saturated rings. The van der Waals surface area contributed by atoms with Gasteiger partial charge in [-0.3, -0.25) is 4.79 Å². The SMILES string of the molecule is Cc1[nH]c2ccccc2c1CCNCCC(CNC(=O)C1=CC(C(F)(F)F)CC(C(F)(F)F)=C1)c1ccc(Cl)c(Cl)c1. The summed E-state index contributed by atoms with van der Waals surface area (Å²) >= 11 is 12.2. The van der Waals surface area contributed by atoms with E-state index in [2.05, 4.69) is 21.7 Å². The Balaban J connectivity index is 1.42. The monoisotopic (exact) mass is 631 g/mol. The molecule has 0 aliphatic heterocycles. The minimum absolute atomic E-state index is 0.0384. The Bertz CT molecular complexity index is 1490. The summed E-state index contributed by atoms with van der Waals surface area (Å²) in [5, 5.41) is 7.67. The number of H-pyrrole nitrogens is 1. The van der Waals surface area contributed by atoms with Crippen molar-refractivity contribution in [2.75, 3.05) is 19.6 Å². The summed E-state index contributed by atoms with van der Waals surface area (Å²) in [5.41, 5.74) is 2.00. The van der Waals surface area contributed by atoms with E-state index in [1.54, 1.807) is 18.2 Å². The Morgan fingerprint density at radius 3 is 2.48 bits per heavy atom. The van der Waals surface area contributed by atoms with Crippen LogP contribution in [0.2, 0.25) is 10.0 Å². The molecule has 1 aromatic heterocycles. The van der Waals surface area contributed by atoms with Crippen molar-refractivity contribution in [3.63, 3.8) is 0 Å². The van der Waals surface area contributed by atoms with Gasteiger partial charge < -0.3 is 15.6 Å². The number of hydrogen-bond acceptors (Lipinski definition) is 2. The number of hydrogen-bond donors (Lipinski definition) is 3. The normalized spacial score (nSPS) is 16.7. The van der Waals surface area contributed by atoms with Crippen LogP contribution in [-0.2, 0) is 11.2 Å². The van der Waals surface area contributed by atoms with Crippen LogP contribution in [0.15, 0.2) is 65.8 Å². The predicted octanol–water partition coefficient (Wildman–Crippen LogP) is 8.20. The highest BCUT2D eigenvalue weighted by Crippen LogP contribution is 2.41. The van der Waals surface area contributed by atoms with E-state index in [9.17, 15) is 31.1 Å². The van der Waals surface area contributed by atoms with Crippen molar-refractivity contribution in [1.82, 2.24) is 15.6 Å². The number of carbonyl (C=O) groups excluding carboxylic acids is 1. The minimum atomic E-state index is -4.98. The van der Waals surface area contributed by atoms with Crippen LogP contribution in [0, 0.1) is 12.8 Å². The summed E-state index contributed by atoms with van der Waals surface area (Å²) < 4.78 is 79.9. The summed E-state index contributed by atoms with van der Waals surface area (Å²) in [6.45, 7) is 3.17. The fraction of sp³-hybridized carbons (Fsp3) is 0.367.